The normalized spacial score (nSPS) is 19.5. The van der Waals surface area contributed by atoms with Gasteiger partial charge in [-0.1, -0.05) is 13.8 Å². The van der Waals surface area contributed by atoms with Crippen LogP contribution in [0.3, 0.4) is 0 Å². The van der Waals surface area contributed by atoms with E-state index >= 15 is 0 Å². The largest absolute Gasteiger partial charge is 0.480 e. The second-order valence-corrected chi connectivity index (χ2v) is 7.89. The van der Waals surface area contributed by atoms with E-state index in [2.05, 4.69) is 10.6 Å². The lowest BCUT2D eigenvalue weighted by Gasteiger charge is -2.29. The zero-order valence-electron chi connectivity index (χ0n) is 17.5. The Morgan fingerprint density at radius 2 is 1.79 bits per heavy atom. The molecular weight excluding hydrogens is 378 g/mol. The van der Waals surface area contributed by atoms with E-state index in [0.29, 0.717) is 38.8 Å². The molecule has 166 valence electrons. The van der Waals surface area contributed by atoms with Gasteiger partial charge in [0.25, 0.3) is 0 Å². The molecular formula is C19H35N5O5. The van der Waals surface area contributed by atoms with Crippen molar-refractivity contribution in [2.24, 2.45) is 17.4 Å². The number of hydrogen-bond acceptors (Lipinski definition) is 6. The number of nitrogens with one attached hydrogen (secondary N) is 2. The number of likely N-dealkylation sites (tertiary alicyclic amines) is 1. The average molecular weight is 414 g/mol. The highest BCUT2D eigenvalue weighted by atomic mass is 16.4. The van der Waals surface area contributed by atoms with Gasteiger partial charge in [0.15, 0.2) is 0 Å². The summed E-state index contributed by atoms with van der Waals surface area (Å²) in [7, 11) is 0. The van der Waals surface area contributed by atoms with Crippen LogP contribution in [0.2, 0.25) is 0 Å². The Morgan fingerprint density at radius 3 is 2.31 bits per heavy atom. The molecule has 0 aromatic rings. The molecule has 0 aliphatic carbocycles. The quantitative estimate of drug-likeness (QED) is 0.275. The van der Waals surface area contributed by atoms with E-state index in [9.17, 15) is 24.3 Å². The number of unbranched alkanes of at least 4 members (excludes halogenated alkanes) is 1. The molecule has 0 aromatic carbocycles. The zero-order chi connectivity index (χ0) is 22.1. The fourth-order valence-electron chi connectivity index (χ4n) is 3.36. The predicted molar refractivity (Wildman–Crippen MR) is 108 cm³/mol. The van der Waals surface area contributed by atoms with E-state index < -0.39 is 42.0 Å². The van der Waals surface area contributed by atoms with Crippen molar-refractivity contribution in [3.05, 3.63) is 0 Å². The smallest absolute Gasteiger partial charge is 0.326 e. The van der Waals surface area contributed by atoms with Crippen molar-refractivity contribution in [1.82, 2.24) is 15.5 Å². The van der Waals surface area contributed by atoms with Gasteiger partial charge >= 0.3 is 5.97 Å². The number of aliphatic carboxylic acids is 1. The second-order valence-electron chi connectivity index (χ2n) is 7.89. The van der Waals surface area contributed by atoms with E-state index in [1.165, 1.54) is 4.90 Å². The lowest BCUT2D eigenvalue weighted by atomic mass is 10.0. The third-order valence-corrected chi connectivity index (χ3v) is 5.04. The Hall–Kier alpha value is -2.20. The molecule has 1 fully saturated rings. The van der Waals surface area contributed by atoms with Crippen molar-refractivity contribution in [2.45, 2.75) is 77.0 Å². The Kier molecular flexibility index (Phi) is 10.0. The number of carboxylic acids is 1. The first kappa shape index (κ1) is 24.8. The van der Waals surface area contributed by atoms with Crippen molar-refractivity contribution in [3.8, 4) is 0 Å². The molecule has 4 unspecified atom stereocenters. The highest BCUT2D eigenvalue weighted by molar-refractivity contribution is 5.94. The topological polar surface area (TPSA) is 168 Å². The molecule has 1 heterocycles. The van der Waals surface area contributed by atoms with E-state index in [0.717, 1.165) is 0 Å². The van der Waals surface area contributed by atoms with Crippen LogP contribution in [0.4, 0.5) is 0 Å². The summed E-state index contributed by atoms with van der Waals surface area (Å²) in [6.45, 7) is 5.97. The van der Waals surface area contributed by atoms with Crippen molar-refractivity contribution in [3.63, 3.8) is 0 Å². The van der Waals surface area contributed by atoms with Crippen LogP contribution < -0.4 is 22.1 Å². The lowest BCUT2D eigenvalue weighted by molar-refractivity contribution is -0.143. The first-order valence-corrected chi connectivity index (χ1v) is 10.2. The number of carboxylic acid groups (broad SMARTS) is 1. The molecule has 0 aromatic heterocycles. The van der Waals surface area contributed by atoms with Crippen LogP contribution >= 0.6 is 0 Å². The summed E-state index contributed by atoms with van der Waals surface area (Å²) in [6, 6.07) is -3.35. The van der Waals surface area contributed by atoms with Crippen LogP contribution in [-0.2, 0) is 19.2 Å². The summed E-state index contributed by atoms with van der Waals surface area (Å²) < 4.78 is 0. The fourth-order valence-corrected chi connectivity index (χ4v) is 3.36. The standard InChI is InChI=1S/C19H35N5O5/c1-11(2)15(17(26)22-13(19(28)29)7-4-5-9-20)23-16(25)14-8-6-10-24(14)18(27)12(3)21/h11-15H,4-10,20-21H2,1-3H3,(H,22,26)(H,23,25)(H,28,29). The number of nitrogens with two attached hydrogens (primary N) is 2. The Bertz CT molecular complexity index is 596. The number of carbonyl (C=O) groups excluding carboxylic acids is 3. The molecule has 1 aliphatic rings. The molecule has 4 atom stereocenters. The van der Waals surface area contributed by atoms with Gasteiger partial charge < -0.3 is 32.1 Å². The van der Waals surface area contributed by atoms with Crippen molar-refractivity contribution >= 4 is 23.7 Å². The summed E-state index contributed by atoms with van der Waals surface area (Å²) in [5, 5.41) is 14.6. The molecule has 0 bridgehead atoms. The number of hydrogen-bond donors (Lipinski definition) is 5. The van der Waals surface area contributed by atoms with E-state index in [-0.39, 0.29) is 18.2 Å². The third-order valence-electron chi connectivity index (χ3n) is 5.04. The average Bonchev–Trinajstić information content (AvgIpc) is 3.13. The first-order valence-electron chi connectivity index (χ1n) is 10.2. The minimum Gasteiger partial charge on any atom is -0.480 e. The number of rotatable bonds is 11. The summed E-state index contributed by atoms with van der Waals surface area (Å²) in [5.41, 5.74) is 11.1. The molecule has 29 heavy (non-hydrogen) atoms. The van der Waals surface area contributed by atoms with Gasteiger partial charge in [0.2, 0.25) is 17.7 Å². The summed E-state index contributed by atoms with van der Waals surface area (Å²) >= 11 is 0. The summed E-state index contributed by atoms with van der Waals surface area (Å²) in [5.74, 6) is -2.69. The van der Waals surface area contributed by atoms with Crippen LogP contribution in [-0.4, -0.2) is 71.0 Å². The molecule has 1 aliphatic heterocycles. The van der Waals surface area contributed by atoms with Gasteiger partial charge in [0.1, 0.15) is 18.1 Å². The van der Waals surface area contributed by atoms with Crippen LogP contribution in [0, 0.1) is 5.92 Å². The van der Waals surface area contributed by atoms with Crippen molar-refractivity contribution in [2.75, 3.05) is 13.1 Å². The van der Waals surface area contributed by atoms with Crippen LogP contribution in [0.25, 0.3) is 0 Å². The van der Waals surface area contributed by atoms with Gasteiger partial charge in [-0.3, -0.25) is 14.4 Å². The van der Waals surface area contributed by atoms with Gasteiger partial charge in [-0.15, -0.1) is 0 Å². The number of carbonyl (C=O) groups is 4. The van der Waals surface area contributed by atoms with Crippen molar-refractivity contribution < 1.29 is 24.3 Å². The summed E-state index contributed by atoms with van der Waals surface area (Å²) in [6.07, 6.45) is 2.67. The molecule has 0 saturated carbocycles. The second kappa shape index (κ2) is 11.7. The Labute approximate surface area is 171 Å². The monoisotopic (exact) mass is 413 g/mol. The van der Waals surface area contributed by atoms with Crippen LogP contribution in [0.15, 0.2) is 0 Å². The van der Waals surface area contributed by atoms with E-state index in [1.54, 1.807) is 20.8 Å². The molecule has 0 radical (unpaired) electrons. The first-order chi connectivity index (χ1) is 13.6. The predicted octanol–water partition coefficient (Wildman–Crippen LogP) is -0.836. The Morgan fingerprint density at radius 1 is 1.14 bits per heavy atom. The maximum absolute atomic E-state index is 12.8. The number of amides is 3. The molecule has 7 N–H and O–H groups in total. The number of nitrogens with zero attached hydrogens (tertiary/aromatic N) is 1. The molecule has 1 saturated heterocycles. The molecule has 3 amide bonds. The molecule has 1 rings (SSSR count). The van der Waals surface area contributed by atoms with Crippen LogP contribution in [0.1, 0.15) is 52.9 Å². The van der Waals surface area contributed by atoms with E-state index in [1.807, 2.05) is 0 Å². The van der Waals surface area contributed by atoms with Crippen molar-refractivity contribution in [1.29, 1.82) is 0 Å². The minimum absolute atomic E-state index is 0.260. The highest BCUT2D eigenvalue weighted by Crippen LogP contribution is 2.19. The maximum atomic E-state index is 12.8. The lowest BCUT2D eigenvalue weighted by Crippen LogP contribution is -2.57. The minimum atomic E-state index is -1.13. The molecule has 10 heteroatoms. The maximum Gasteiger partial charge on any atom is 0.326 e. The third kappa shape index (κ3) is 7.28. The molecule has 0 spiro atoms. The van der Waals surface area contributed by atoms with Gasteiger partial charge in [0.05, 0.1) is 6.04 Å². The summed E-state index contributed by atoms with van der Waals surface area (Å²) in [4.78, 5) is 50.6. The zero-order valence-corrected chi connectivity index (χ0v) is 17.5. The van der Waals surface area contributed by atoms with Crippen LogP contribution in [0.5, 0.6) is 0 Å². The Balaban J connectivity index is 2.80. The van der Waals surface area contributed by atoms with E-state index in [4.69, 9.17) is 11.5 Å². The highest BCUT2D eigenvalue weighted by Gasteiger charge is 2.37. The van der Waals surface area contributed by atoms with Gasteiger partial charge in [-0.2, -0.15) is 0 Å². The fraction of sp³-hybridized carbons (Fsp3) is 0.789. The SMILES string of the molecule is CC(N)C(=O)N1CCCC1C(=O)NC(C(=O)NC(CCCCN)C(=O)O)C(C)C. The van der Waals surface area contributed by atoms with Gasteiger partial charge in [-0.25, -0.2) is 4.79 Å². The van der Waals surface area contributed by atoms with Gasteiger partial charge in [-0.05, 0) is 51.5 Å². The molecule has 10 nitrogen and oxygen atoms in total. The van der Waals surface area contributed by atoms with Gasteiger partial charge in [0, 0.05) is 6.54 Å².